The van der Waals surface area contributed by atoms with Crippen LogP contribution < -0.4 is 4.74 Å². The lowest BCUT2D eigenvalue weighted by Gasteiger charge is -2.07. The minimum absolute atomic E-state index is 0.280. The van der Waals surface area contributed by atoms with Crippen LogP contribution in [0.2, 0.25) is 5.28 Å². The summed E-state index contributed by atoms with van der Waals surface area (Å²) in [5.41, 5.74) is 2.15. The van der Waals surface area contributed by atoms with E-state index in [0.717, 1.165) is 16.7 Å². The number of benzene rings is 1. The van der Waals surface area contributed by atoms with Crippen molar-refractivity contribution in [3.8, 4) is 5.75 Å². The predicted molar refractivity (Wildman–Crippen MR) is 63.1 cm³/mol. The van der Waals surface area contributed by atoms with Crippen LogP contribution in [-0.2, 0) is 0 Å². The van der Waals surface area contributed by atoms with E-state index >= 15 is 0 Å². The van der Waals surface area contributed by atoms with Crippen LogP contribution in [0.3, 0.4) is 0 Å². The molecule has 1 saturated carbocycles. The van der Waals surface area contributed by atoms with Crippen molar-refractivity contribution >= 4 is 22.5 Å². The molecule has 0 bridgehead atoms. The van der Waals surface area contributed by atoms with Crippen molar-refractivity contribution in [2.45, 2.75) is 18.8 Å². The maximum absolute atomic E-state index is 5.80. The molecular weight excluding hydrogens is 224 g/mol. The number of ether oxygens (including phenoxy) is 1. The van der Waals surface area contributed by atoms with E-state index in [9.17, 15) is 0 Å². The molecule has 1 aliphatic rings. The number of halogens is 1. The largest absolute Gasteiger partial charge is 0.497 e. The van der Waals surface area contributed by atoms with Crippen molar-refractivity contribution in [3.63, 3.8) is 0 Å². The fraction of sp³-hybridized carbons (Fsp3) is 0.333. The van der Waals surface area contributed by atoms with Gasteiger partial charge < -0.3 is 4.74 Å². The first-order valence-corrected chi connectivity index (χ1v) is 5.66. The third kappa shape index (κ3) is 1.61. The number of methoxy groups -OCH3 is 1. The Hall–Kier alpha value is -1.35. The molecule has 1 aromatic carbocycles. The van der Waals surface area contributed by atoms with Gasteiger partial charge in [-0.1, -0.05) is 0 Å². The lowest BCUT2D eigenvalue weighted by Crippen LogP contribution is -1.92. The standard InChI is InChI=1S/C12H11ClN2O/c1-16-8-4-9(7-2-3-7)10-6-14-12(13)15-11(10)5-8/h4-7H,2-3H2,1H3. The monoisotopic (exact) mass is 234 g/mol. The first kappa shape index (κ1) is 9.85. The van der Waals surface area contributed by atoms with E-state index in [4.69, 9.17) is 16.3 Å². The van der Waals surface area contributed by atoms with Crippen molar-refractivity contribution in [1.29, 1.82) is 0 Å². The molecule has 0 N–H and O–H groups in total. The minimum atomic E-state index is 0.280. The Balaban J connectivity index is 2.28. The van der Waals surface area contributed by atoms with Crippen LogP contribution in [0.4, 0.5) is 0 Å². The van der Waals surface area contributed by atoms with Gasteiger partial charge in [-0.05, 0) is 42.0 Å². The Bertz CT molecular complexity index is 552. The van der Waals surface area contributed by atoms with Crippen LogP contribution >= 0.6 is 11.6 Å². The molecule has 82 valence electrons. The number of hydrogen-bond donors (Lipinski definition) is 0. The molecule has 1 heterocycles. The number of nitrogens with zero attached hydrogens (tertiary/aromatic N) is 2. The SMILES string of the molecule is COc1cc(C2CC2)c2cnc(Cl)nc2c1. The Kier molecular flexibility index (Phi) is 2.21. The van der Waals surface area contributed by atoms with E-state index in [0.29, 0.717) is 5.92 Å². The Morgan fingerprint density at radius 3 is 2.88 bits per heavy atom. The molecule has 1 aromatic heterocycles. The summed E-state index contributed by atoms with van der Waals surface area (Å²) < 4.78 is 5.28. The molecule has 4 heteroatoms. The van der Waals surface area contributed by atoms with Gasteiger partial charge in [-0.3, -0.25) is 0 Å². The first-order chi connectivity index (χ1) is 7.78. The van der Waals surface area contributed by atoms with E-state index in [2.05, 4.69) is 16.0 Å². The fourth-order valence-electron chi connectivity index (χ4n) is 1.96. The summed E-state index contributed by atoms with van der Waals surface area (Å²) in [5, 5.41) is 1.37. The molecule has 1 fully saturated rings. The molecule has 0 radical (unpaired) electrons. The molecule has 2 aromatic rings. The molecule has 0 atom stereocenters. The fourth-order valence-corrected chi connectivity index (χ4v) is 2.10. The second-order valence-electron chi connectivity index (χ2n) is 4.06. The lowest BCUT2D eigenvalue weighted by molar-refractivity contribution is 0.415. The number of aromatic nitrogens is 2. The van der Waals surface area contributed by atoms with Gasteiger partial charge in [0.1, 0.15) is 5.75 Å². The first-order valence-electron chi connectivity index (χ1n) is 5.28. The lowest BCUT2D eigenvalue weighted by atomic mass is 10.1. The smallest absolute Gasteiger partial charge is 0.222 e. The van der Waals surface area contributed by atoms with Crippen LogP contribution in [0.15, 0.2) is 18.3 Å². The summed E-state index contributed by atoms with van der Waals surface area (Å²) in [6, 6.07) is 3.98. The Morgan fingerprint density at radius 2 is 2.19 bits per heavy atom. The van der Waals surface area contributed by atoms with Gasteiger partial charge in [-0.25, -0.2) is 9.97 Å². The molecule has 0 spiro atoms. The zero-order chi connectivity index (χ0) is 11.1. The van der Waals surface area contributed by atoms with Crippen LogP contribution in [-0.4, -0.2) is 17.1 Å². The Labute approximate surface area is 98.4 Å². The van der Waals surface area contributed by atoms with E-state index < -0.39 is 0 Å². The van der Waals surface area contributed by atoms with Crippen LogP contribution in [0, 0.1) is 0 Å². The summed E-state index contributed by atoms with van der Waals surface area (Å²) in [6.07, 6.45) is 4.29. The number of rotatable bonds is 2. The molecule has 0 aliphatic heterocycles. The second kappa shape index (κ2) is 3.59. The highest BCUT2D eigenvalue weighted by Gasteiger charge is 2.26. The predicted octanol–water partition coefficient (Wildman–Crippen LogP) is 3.17. The minimum Gasteiger partial charge on any atom is -0.497 e. The van der Waals surface area contributed by atoms with Gasteiger partial charge >= 0.3 is 0 Å². The van der Waals surface area contributed by atoms with E-state index in [1.807, 2.05) is 6.07 Å². The molecule has 0 amide bonds. The zero-order valence-electron chi connectivity index (χ0n) is 8.90. The summed E-state index contributed by atoms with van der Waals surface area (Å²) >= 11 is 5.80. The van der Waals surface area contributed by atoms with Crippen molar-refractivity contribution < 1.29 is 4.74 Å². The van der Waals surface area contributed by atoms with Crippen LogP contribution in [0.25, 0.3) is 10.9 Å². The highest BCUT2D eigenvalue weighted by atomic mass is 35.5. The normalized spacial score (nSPS) is 15.4. The van der Waals surface area contributed by atoms with Gasteiger partial charge in [0.05, 0.1) is 12.6 Å². The summed E-state index contributed by atoms with van der Waals surface area (Å²) in [5.74, 6) is 1.48. The maximum Gasteiger partial charge on any atom is 0.222 e. The summed E-state index contributed by atoms with van der Waals surface area (Å²) in [7, 11) is 1.67. The van der Waals surface area contributed by atoms with E-state index in [1.165, 1.54) is 18.4 Å². The van der Waals surface area contributed by atoms with Gasteiger partial charge in [0.25, 0.3) is 0 Å². The molecule has 1 aliphatic carbocycles. The quantitative estimate of drug-likeness (QED) is 0.749. The van der Waals surface area contributed by atoms with Crippen molar-refractivity contribution in [2.75, 3.05) is 7.11 Å². The number of hydrogen-bond acceptors (Lipinski definition) is 3. The van der Waals surface area contributed by atoms with Gasteiger partial charge in [0.15, 0.2) is 0 Å². The highest BCUT2D eigenvalue weighted by molar-refractivity contribution is 6.28. The van der Waals surface area contributed by atoms with Gasteiger partial charge in [-0.15, -0.1) is 0 Å². The second-order valence-corrected chi connectivity index (χ2v) is 4.40. The van der Waals surface area contributed by atoms with Gasteiger partial charge in [-0.2, -0.15) is 0 Å². The number of fused-ring (bicyclic) bond motifs is 1. The van der Waals surface area contributed by atoms with Gasteiger partial charge in [0, 0.05) is 17.6 Å². The maximum atomic E-state index is 5.80. The van der Waals surface area contributed by atoms with Gasteiger partial charge in [0.2, 0.25) is 5.28 Å². The molecular formula is C12H11ClN2O. The van der Waals surface area contributed by atoms with Crippen molar-refractivity contribution in [1.82, 2.24) is 9.97 Å². The molecule has 0 unspecified atom stereocenters. The molecule has 16 heavy (non-hydrogen) atoms. The van der Waals surface area contributed by atoms with Crippen LogP contribution in [0.1, 0.15) is 24.3 Å². The van der Waals surface area contributed by atoms with E-state index in [1.54, 1.807) is 13.3 Å². The summed E-state index contributed by atoms with van der Waals surface area (Å²) in [6.45, 7) is 0. The summed E-state index contributed by atoms with van der Waals surface area (Å²) in [4.78, 5) is 8.28. The van der Waals surface area contributed by atoms with E-state index in [-0.39, 0.29) is 5.28 Å². The third-order valence-electron chi connectivity index (χ3n) is 2.93. The van der Waals surface area contributed by atoms with Crippen LogP contribution in [0.5, 0.6) is 5.75 Å². The van der Waals surface area contributed by atoms with Crippen molar-refractivity contribution in [3.05, 3.63) is 29.2 Å². The third-order valence-corrected chi connectivity index (χ3v) is 3.11. The topological polar surface area (TPSA) is 35.0 Å². The average Bonchev–Trinajstić information content (AvgIpc) is 3.10. The molecule has 3 nitrogen and oxygen atoms in total. The Morgan fingerprint density at radius 1 is 1.38 bits per heavy atom. The van der Waals surface area contributed by atoms with Crippen molar-refractivity contribution in [2.24, 2.45) is 0 Å². The highest BCUT2D eigenvalue weighted by Crippen LogP contribution is 2.44. The average molecular weight is 235 g/mol. The molecule has 0 saturated heterocycles. The zero-order valence-corrected chi connectivity index (χ0v) is 9.66. The molecule has 3 rings (SSSR count).